The maximum Gasteiger partial charge on any atom is 0.266 e. The van der Waals surface area contributed by atoms with Gasteiger partial charge < -0.3 is 20.1 Å². The van der Waals surface area contributed by atoms with Gasteiger partial charge in [0.05, 0.1) is 17.8 Å². The average Bonchev–Trinajstić information content (AvgIpc) is 2.83. The minimum Gasteiger partial charge on any atom is -0.497 e. The van der Waals surface area contributed by atoms with Crippen LogP contribution < -0.4 is 20.1 Å². The number of benzene rings is 3. The Balaban J connectivity index is 1.74. The molecule has 34 heavy (non-hydrogen) atoms. The number of hydrogen-bond acceptors (Lipinski definition) is 5. The SMILES string of the molecule is COc1ccc(NC(=O)/C(C#N)=C\c2cc(Cl)ccc2OCC(=O)Nc2ccccc2Cl)cc1. The van der Waals surface area contributed by atoms with Crippen molar-refractivity contribution in [3.63, 3.8) is 0 Å². The molecule has 0 aliphatic carbocycles. The molecule has 3 aromatic carbocycles. The number of hydrogen-bond donors (Lipinski definition) is 2. The van der Waals surface area contributed by atoms with Gasteiger partial charge in [0.25, 0.3) is 11.8 Å². The summed E-state index contributed by atoms with van der Waals surface area (Å²) in [5.41, 5.74) is 1.13. The van der Waals surface area contributed by atoms with E-state index in [0.29, 0.717) is 32.7 Å². The van der Waals surface area contributed by atoms with Crippen molar-refractivity contribution in [2.45, 2.75) is 0 Å². The Morgan fingerprint density at radius 1 is 1.03 bits per heavy atom. The molecular formula is C25H19Cl2N3O4. The lowest BCUT2D eigenvalue weighted by Crippen LogP contribution is -2.20. The lowest BCUT2D eigenvalue weighted by molar-refractivity contribution is -0.118. The Labute approximate surface area is 206 Å². The first-order valence-electron chi connectivity index (χ1n) is 9.93. The van der Waals surface area contributed by atoms with Gasteiger partial charge in [0.2, 0.25) is 0 Å². The molecule has 172 valence electrons. The second-order valence-corrected chi connectivity index (χ2v) is 7.69. The normalized spacial score (nSPS) is 10.7. The van der Waals surface area contributed by atoms with E-state index in [4.69, 9.17) is 32.7 Å². The van der Waals surface area contributed by atoms with Crippen molar-refractivity contribution >= 4 is 52.5 Å². The van der Waals surface area contributed by atoms with Crippen LogP contribution in [0, 0.1) is 11.3 Å². The van der Waals surface area contributed by atoms with E-state index < -0.39 is 11.8 Å². The Kier molecular flexibility index (Phi) is 8.52. The van der Waals surface area contributed by atoms with Crippen LogP contribution in [0.5, 0.6) is 11.5 Å². The number of ether oxygens (including phenoxy) is 2. The maximum absolute atomic E-state index is 12.6. The van der Waals surface area contributed by atoms with Gasteiger partial charge in [-0.05, 0) is 60.7 Å². The Morgan fingerprint density at radius 3 is 2.44 bits per heavy atom. The molecule has 0 aliphatic heterocycles. The van der Waals surface area contributed by atoms with Crippen LogP contribution in [0.15, 0.2) is 72.3 Å². The molecule has 9 heteroatoms. The summed E-state index contributed by atoms with van der Waals surface area (Å²) in [6, 6.07) is 20.0. The number of nitriles is 1. The number of methoxy groups -OCH3 is 1. The number of para-hydroxylation sites is 1. The topological polar surface area (TPSA) is 100 Å². The van der Waals surface area contributed by atoms with Gasteiger partial charge >= 0.3 is 0 Å². The highest BCUT2D eigenvalue weighted by atomic mass is 35.5. The first-order valence-corrected chi connectivity index (χ1v) is 10.7. The van der Waals surface area contributed by atoms with E-state index in [1.807, 2.05) is 6.07 Å². The molecule has 0 unspecified atom stereocenters. The van der Waals surface area contributed by atoms with Gasteiger partial charge in [-0.2, -0.15) is 5.26 Å². The third kappa shape index (κ3) is 6.75. The maximum atomic E-state index is 12.6. The van der Waals surface area contributed by atoms with Crippen LogP contribution in [-0.4, -0.2) is 25.5 Å². The molecule has 0 saturated carbocycles. The fourth-order valence-electron chi connectivity index (χ4n) is 2.83. The molecule has 0 spiro atoms. The summed E-state index contributed by atoms with van der Waals surface area (Å²) in [4.78, 5) is 24.9. The zero-order valence-corrected chi connectivity index (χ0v) is 19.5. The van der Waals surface area contributed by atoms with E-state index in [-0.39, 0.29) is 17.9 Å². The standard InChI is InChI=1S/C25H19Cl2N3O4/c1-33-20-9-7-19(8-10-20)29-25(32)17(14-28)12-16-13-18(26)6-11-23(16)34-15-24(31)30-22-5-3-2-4-21(22)27/h2-13H,15H2,1H3,(H,29,32)(H,30,31)/b17-12-. The number of nitrogens with zero attached hydrogens (tertiary/aromatic N) is 1. The summed E-state index contributed by atoms with van der Waals surface area (Å²) >= 11 is 12.1. The molecule has 0 saturated heterocycles. The van der Waals surface area contributed by atoms with E-state index in [2.05, 4.69) is 10.6 Å². The predicted molar refractivity (Wildman–Crippen MR) is 132 cm³/mol. The fraction of sp³-hybridized carbons (Fsp3) is 0.0800. The highest BCUT2D eigenvalue weighted by molar-refractivity contribution is 6.33. The summed E-state index contributed by atoms with van der Waals surface area (Å²) < 4.78 is 10.7. The van der Waals surface area contributed by atoms with Crippen LogP contribution in [0.3, 0.4) is 0 Å². The van der Waals surface area contributed by atoms with Crippen LogP contribution in [0.4, 0.5) is 11.4 Å². The average molecular weight is 496 g/mol. The van der Waals surface area contributed by atoms with Crippen molar-refractivity contribution in [1.29, 1.82) is 5.26 Å². The molecule has 7 nitrogen and oxygen atoms in total. The number of rotatable bonds is 8. The molecule has 2 N–H and O–H groups in total. The third-order valence-corrected chi connectivity index (χ3v) is 5.06. The van der Waals surface area contributed by atoms with Gasteiger partial charge in [0.1, 0.15) is 23.1 Å². The monoisotopic (exact) mass is 495 g/mol. The van der Waals surface area contributed by atoms with Crippen molar-refractivity contribution in [3.8, 4) is 17.6 Å². The highest BCUT2D eigenvalue weighted by Gasteiger charge is 2.13. The molecule has 3 aromatic rings. The summed E-state index contributed by atoms with van der Waals surface area (Å²) in [5.74, 6) is -0.150. The van der Waals surface area contributed by atoms with Crippen molar-refractivity contribution in [1.82, 2.24) is 0 Å². The van der Waals surface area contributed by atoms with Crippen molar-refractivity contribution in [2.75, 3.05) is 24.4 Å². The lowest BCUT2D eigenvalue weighted by Gasteiger charge is -2.11. The van der Waals surface area contributed by atoms with Gasteiger partial charge in [0.15, 0.2) is 6.61 Å². The smallest absolute Gasteiger partial charge is 0.266 e. The molecule has 3 rings (SSSR count). The second kappa shape index (κ2) is 11.8. The number of halogens is 2. The molecule has 0 aromatic heterocycles. The number of amides is 2. The van der Waals surface area contributed by atoms with E-state index in [1.54, 1.807) is 60.7 Å². The first kappa shape index (κ1) is 24.6. The zero-order chi connectivity index (χ0) is 24.5. The molecule has 0 atom stereocenters. The number of anilines is 2. The van der Waals surface area contributed by atoms with Crippen LogP contribution in [0.25, 0.3) is 6.08 Å². The Bertz CT molecular complexity index is 1270. The molecule has 0 radical (unpaired) electrons. The van der Waals surface area contributed by atoms with Gasteiger partial charge in [-0.1, -0.05) is 35.3 Å². The van der Waals surface area contributed by atoms with Crippen molar-refractivity contribution < 1.29 is 19.1 Å². The van der Waals surface area contributed by atoms with E-state index in [9.17, 15) is 14.9 Å². The summed E-state index contributed by atoms with van der Waals surface area (Å²) in [6.07, 6.45) is 1.34. The number of carbonyl (C=O) groups excluding carboxylic acids is 2. The first-order chi connectivity index (χ1) is 16.4. The third-order valence-electron chi connectivity index (χ3n) is 4.49. The molecule has 2 amide bonds. The minimum atomic E-state index is -0.616. The number of nitrogens with one attached hydrogen (secondary N) is 2. The van der Waals surface area contributed by atoms with Gasteiger partial charge in [-0.25, -0.2) is 0 Å². The van der Waals surface area contributed by atoms with Gasteiger partial charge in [0, 0.05) is 16.3 Å². The van der Waals surface area contributed by atoms with Crippen molar-refractivity contribution in [3.05, 3.63) is 87.9 Å². The summed E-state index contributed by atoms with van der Waals surface area (Å²) in [7, 11) is 1.54. The quantitative estimate of drug-likeness (QED) is 0.314. The van der Waals surface area contributed by atoms with E-state index in [0.717, 1.165) is 0 Å². The summed E-state index contributed by atoms with van der Waals surface area (Å²) in [5, 5.41) is 15.6. The summed E-state index contributed by atoms with van der Waals surface area (Å²) in [6.45, 7) is -0.326. The van der Waals surface area contributed by atoms with Gasteiger partial charge in [-0.15, -0.1) is 0 Å². The predicted octanol–water partition coefficient (Wildman–Crippen LogP) is 5.57. The van der Waals surface area contributed by atoms with Crippen LogP contribution >= 0.6 is 23.2 Å². The fourth-order valence-corrected chi connectivity index (χ4v) is 3.20. The highest BCUT2D eigenvalue weighted by Crippen LogP contribution is 2.26. The van der Waals surface area contributed by atoms with E-state index >= 15 is 0 Å². The van der Waals surface area contributed by atoms with E-state index in [1.165, 1.54) is 19.3 Å². The number of carbonyl (C=O) groups is 2. The van der Waals surface area contributed by atoms with Crippen LogP contribution in [0.1, 0.15) is 5.56 Å². The molecular weight excluding hydrogens is 477 g/mol. The van der Waals surface area contributed by atoms with Crippen LogP contribution in [-0.2, 0) is 9.59 Å². The van der Waals surface area contributed by atoms with Gasteiger partial charge in [-0.3, -0.25) is 9.59 Å². The minimum absolute atomic E-state index is 0.177. The Hall–Kier alpha value is -3.99. The zero-order valence-electron chi connectivity index (χ0n) is 18.0. The second-order valence-electron chi connectivity index (χ2n) is 6.85. The van der Waals surface area contributed by atoms with Crippen molar-refractivity contribution in [2.24, 2.45) is 0 Å². The molecule has 0 heterocycles. The lowest BCUT2D eigenvalue weighted by atomic mass is 10.1. The molecule has 0 bridgehead atoms. The van der Waals surface area contributed by atoms with Crippen LogP contribution in [0.2, 0.25) is 10.0 Å². The molecule has 0 fully saturated rings. The molecule has 0 aliphatic rings. The Morgan fingerprint density at radius 2 is 1.76 bits per heavy atom. The largest absolute Gasteiger partial charge is 0.497 e.